The molecule has 1 N–H and O–H groups in total. The average Bonchev–Trinajstić information content (AvgIpc) is 3.29. The second kappa shape index (κ2) is 5.98. The van der Waals surface area contributed by atoms with E-state index in [9.17, 15) is 9.59 Å². The predicted molar refractivity (Wildman–Crippen MR) is 81.6 cm³/mol. The molecule has 0 aromatic heterocycles. The SMILES string of the molecule is CCC1C(=O)NC(C2CC2)C(=O)N1CC1CCC(C)CC1. The molecule has 2 saturated carbocycles. The van der Waals surface area contributed by atoms with E-state index in [1.54, 1.807) is 0 Å². The van der Waals surface area contributed by atoms with Gasteiger partial charge in [-0.25, -0.2) is 0 Å². The van der Waals surface area contributed by atoms with Crippen molar-refractivity contribution in [2.24, 2.45) is 17.8 Å². The Morgan fingerprint density at radius 1 is 1.10 bits per heavy atom. The molecule has 4 heteroatoms. The Labute approximate surface area is 127 Å². The van der Waals surface area contributed by atoms with Gasteiger partial charge in [0.15, 0.2) is 0 Å². The van der Waals surface area contributed by atoms with Crippen LogP contribution in [0.3, 0.4) is 0 Å². The standard InChI is InChI=1S/C17H28N2O2/c1-3-14-16(20)18-15(13-8-9-13)17(21)19(14)10-12-6-4-11(2)5-7-12/h11-15H,3-10H2,1-2H3,(H,18,20). The van der Waals surface area contributed by atoms with E-state index in [0.29, 0.717) is 11.8 Å². The van der Waals surface area contributed by atoms with Gasteiger partial charge in [0.25, 0.3) is 0 Å². The van der Waals surface area contributed by atoms with Crippen LogP contribution in [0.2, 0.25) is 0 Å². The third-order valence-corrected chi connectivity index (χ3v) is 5.60. The molecule has 1 aliphatic heterocycles. The monoisotopic (exact) mass is 292 g/mol. The molecule has 0 spiro atoms. The van der Waals surface area contributed by atoms with Crippen LogP contribution in [0, 0.1) is 17.8 Å². The first kappa shape index (κ1) is 14.9. The van der Waals surface area contributed by atoms with Crippen molar-refractivity contribution in [1.29, 1.82) is 0 Å². The Morgan fingerprint density at radius 3 is 2.33 bits per heavy atom. The van der Waals surface area contributed by atoms with Crippen molar-refractivity contribution in [3.63, 3.8) is 0 Å². The van der Waals surface area contributed by atoms with Gasteiger partial charge < -0.3 is 10.2 Å². The van der Waals surface area contributed by atoms with Gasteiger partial charge in [0.1, 0.15) is 12.1 Å². The molecule has 2 unspecified atom stereocenters. The summed E-state index contributed by atoms with van der Waals surface area (Å²) >= 11 is 0. The highest BCUT2D eigenvalue weighted by molar-refractivity contribution is 5.97. The lowest BCUT2D eigenvalue weighted by Crippen LogP contribution is -2.64. The molecule has 0 aromatic rings. The minimum Gasteiger partial charge on any atom is -0.342 e. The minimum absolute atomic E-state index is 0.0678. The van der Waals surface area contributed by atoms with Crippen molar-refractivity contribution in [1.82, 2.24) is 10.2 Å². The Balaban J connectivity index is 1.69. The molecule has 118 valence electrons. The van der Waals surface area contributed by atoms with Crippen molar-refractivity contribution in [3.8, 4) is 0 Å². The molecule has 2 aliphatic carbocycles. The van der Waals surface area contributed by atoms with Crippen molar-refractivity contribution in [2.45, 2.75) is 70.9 Å². The molecule has 3 aliphatic rings. The molecule has 0 bridgehead atoms. The van der Waals surface area contributed by atoms with Gasteiger partial charge in [0.05, 0.1) is 0 Å². The van der Waals surface area contributed by atoms with E-state index < -0.39 is 0 Å². The van der Waals surface area contributed by atoms with Gasteiger partial charge in [-0.1, -0.05) is 26.7 Å². The highest BCUT2D eigenvalue weighted by atomic mass is 16.2. The van der Waals surface area contributed by atoms with Crippen molar-refractivity contribution in [3.05, 3.63) is 0 Å². The van der Waals surface area contributed by atoms with E-state index in [-0.39, 0.29) is 23.9 Å². The maximum atomic E-state index is 12.8. The van der Waals surface area contributed by atoms with Gasteiger partial charge in [-0.2, -0.15) is 0 Å². The smallest absolute Gasteiger partial charge is 0.246 e. The Hall–Kier alpha value is -1.06. The zero-order chi connectivity index (χ0) is 15.0. The Morgan fingerprint density at radius 2 is 1.76 bits per heavy atom. The summed E-state index contributed by atoms with van der Waals surface area (Å²) in [5.41, 5.74) is 0. The molecule has 3 fully saturated rings. The predicted octanol–water partition coefficient (Wildman–Crippen LogP) is 2.33. The van der Waals surface area contributed by atoms with E-state index in [1.807, 2.05) is 11.8 Å². The van der Waals surface area contributed by atoms with Crippen LogP contribution in [-0.2, 0) is 9.59 Å². The fourth-order valence-electron chi connectivity index (χ4n) is 3.95. The van der Waals surface area contributed by atoms with E-state index >= 15 is 0 Å². The second-order valence-electron chi connectivity index (χ2n) is 7.36. The van der Waals surface area contributed by atoms with Crippen LogP contribution >= 0.6 is 0 Å². The second-order valence-corrected chi connectivity index (χ2v) is 7.36. The largest absolute Gasteiger partial charge is 0.342 e. The summed E-state index contributed by atoms with van der Waals surface area (Å²) in [6.45, 7) is 5.11. The van der Waals surface area contributed by atoms with Gasteiger partial charge in [0, 0.05) is 6.54 Å². The van der Waals surface area contributed by atoms with Crippen molar-refractivity contribution < 1.29 is 9.59 Å². The molecule has 1 heterocycles. The number of carbonyl (C=O) groups is 2. The van der Waals surface area contributed by atoms with Crippen LogP contribution < -0.4 is 5.32 Å². The topological polar surface area (TPSA) is 49.4 Å². The number of nitrogens with zero attached hydrogens (tertiary/aromatic N) is 1. The van der Waals surface area contributed by atoms with Gasteiger partial charge in [-0.15, -0.1) is 0 Å². The van der Waals surface area contributed by atoms with Crippen molar-refractivity contribution >= 4 is 11.8 Å². The molecule has 21 heavy (non-hydrogen) atoms. The van der Waals surface area contributed by atoms with E-state index in [2.05, 4.69) is 12.2 Å². The number of piperazine rings is 1. The highest BCUT2D eigenvalue weighted by Gasteiger charge is 2.46. The molecule has 0 radical (unpaired) electrons. The molecule has 0 aromatic carbocycles. The Bertz CT molecular complexity index is 411. The number of hydrogen-bond donors (Lipinski definition) is 1. The maximum Gasteiger partial charge on any atom is 0.246 e. The molecular weight excluding hydrogens is 264 g/mol. The summed E-state index contributed by atoms with van der Waals surface area (Å²) in [5.74, 6) is 2.06. The first-order valence-electron chi connectivity index (χ1n) is 8.71. The lowest BCUT2D eigenvalue weighted by molar-refractivity contribution is -0.151. The van der Waals surface area contributed by atoms with Gasteiger partial charge in [-0.3, -0.25) is 9.59 Å². The van der Waals surface area contributed by atoms with Crippen LogP contribution in [0.25, 0.3) is 0 Å². The van der Waals surface area contributed by atoms with Crippen LogP contribution in [0.4, 0.5) is 0 Å². The molecule has 3 rings (SSSR count). The van der Waals surface area contributed by atoms with Gasteiger partial charge in [0.2, 0.25) is 11.8 Å². The molecule has 4 nitrogen and oxygen atoms in total. The third kappa shape index (κ3) is 3.09. The summed E-state index contributed by atoms with van der Waals surface area (Å²) < 4.78 is 0. The van der Waals surface area contributed by atoms with Crippen LogP contribution in [0.15, 0.2) is 0 Å². The fourth-order valence-corrected chi connectivity index (χ4v) is 3.95. The van der Waals surface area contributed by atoms with Gasteiger partial charge >= 0.3 is 0 Å². The summed E-state index contributed by atoms with van der Waals surface area (Å²) in [6.07, 6.45) is 7.83. The lowest BCUT2D eigenvalue weighted by atomic mass is 9.82. The van der Waals surface area contributed by atoms with Gasteiger partial charge in [-0.05, 0) is 49.9 Å². The third-order valence-electron chi connectivity index (χ3n) is 5.60. The minimum atomic E-state index is -0.244. The summed E-state index contributed by atoms with van der Waals surface area (Å²) in [7, 11) is 0. The summed E-state index contributed by atoms with van der Waals surface area (Å²) in [6, 6.07) is -0.477. The van der Waals surface area contributed by atoms with E-state index in [0.717, 1.165) is 31.7 Å². The summed E-state index contributed by atoms with van der Waals surface area (Å²) in [5, 5.41) is 2.97. The molecule has 2 amide bonds. The quantitative estimate of drug-likeness (QED) is 0.864. The van der Waals surface area contributed by atoms with E-state index in [1.165, 1.54) is 25.7 Å². The fraction of sp³-hybridized carbons (Fsp3) is 0.882. The number of hydrogen-bond acceptors (Lipinski definition) is 2. The molecule has 1 saturated heterocycles. The van der Waals surface area contributed by atoms with Crippen molar-refractivity contribution in [2.75, 3.05) is 6.54 Å². The molecule has 2 atom stereocenters. The summed E-state index contributed by atoms with van der Waals surface area (Å²) in [4.78, 5) is 27.0. The maximum absolute atomic E-state index is 12.8. The first-order valence-corrected chi connectivity index (χ1v) is 8.71. The normalized spacial score (nSPS) is 37.5. The van der Waals surface area contributed by atoms with Crippen LogP contribution in [0.5, 0.6) is 0 Å². The highest BCUT2D eigenvalue weighted by Crippen LogP contribution is 2.36. The molecular formula is C17H28N2O2. The number of nitrogens with one attached hydrogen (secondary N) is 1. The first-order chi connectivity index (χ1) is 10.1. The number of amides is 2. The average molecular weight is 292 g/mol. The number of rotatable bonds is 4. The van der Waals surface area contributed by atoms with E-state index in [4.69, 9.17) is 0 Å². The zero-order valence-electron chi connectivity index (χ0n) is 13.3. The Kier molecular flexibility index (Phi) is 4.23. The van der Waals surface area contributed by atoms with Crippen LogP contribution in [0.1, 0.15) is 58.8 Å². The lowest BCUT2D eigenvalue weighted by Gasteiger charge is -2.41. The zero-order valence-corrected chi connectivity index (χ0v) is 13.3. The van der Waals surface area contributed by atoms with Crippen LogP contribution in [-0.4, -0.2) is 35.3 Å². The number of carbonyl (C=O) groups excluding carboxylic acids is 2.